The van der Waals surface area contributed by atoms with Crippen LogP contribution in [-0.4, -0.2) is 49.0 Å². The van der Waals surface area contributed by atoms with E-state index in [0.29, 0.717) is 30.0 Å². The van der Waals surface area contributed by atoms with Gasteiger partial charge in [0.2, 0.25) is 5.91 Å². The standard InChI is InChI=1S/C17H20ClN3O5/c1-25-12-7-10(18)11(8-13(12)26-2)19-14(22)9-21-15(23)17(20-16(21)24)5-3-4-6-17/h7-8H,3-6,9H2,1-2H3,(H,19,22)(H,20,24). The first-order valence-electron chi connectivity index (χ1n) is 8.25. The summed E-state index contributed by atoms with van der Waals surface area (Å²) < 4.78 is 10.3. The molecule has 1 aromatic carbocycles. The van der Waals surface area contributed by atoms with E-state index in [0.717, 1.165) is 17.7 Å². The quantitative estimate of drug-likeness (QED) is 0.762. The van der Waals surface area contributed by atoms with Crippen LogP contribution in [0, 0.1) is 0 Å². The van der Waals surface area contributed by atoms with Crippen LogP contribution in [0.15, 0.2) is 12.1 Å². The highest BCUT2D eigenvalue weighted by atomic mass is 35.5. The molecule has 4 amide bonds. The molecule has 9 heteroatoms. The van der Waals surface area contributed by atoms with E-state index >= 15 is 0 Å². The van der Waals surface area contributed by atoms with Crippen LogP contribution in [0.4, 0.5) is 10.5 Å². The Morgan fingerprint density at radius 3 is 2.46 bits per heavy atom. The Morgan fingerprint density at radius 1 is 1.23 bits per heavy atom. The number of ether oxygens (including phenoxy) is 2. The molecule has 1 saturated carbocycles. The van der Waals surface area contributed by atoms with Crippen LogP contribution in [-0.2, 0) is 9.59 Å². The Kier molecular flexibility index (Phi) is 4.95. The van der Waals surface area contributed by atoms with Gasteiger partial charge in [-0.1, -0.05) is 24.4 Å². The van der Waals surface area contributed by atoms with E-state index in [9.17, 15) is 14.4 Å². The number of carbonyl (C=O) groups excluding carboxylic acids is 3. The van der Waals surface area contributed by atoms with Crippen LogP contribution < -0.4 is 20.1 Å². The minimum Gasteiger partial charge on any atom is -0.493 e. The van der Waals surface area contributed by atoms with Gasteiger partial charge >= 0.3 is 6.03 Å². The summed E-state index contributed by atoms with van der Waals surface area (Å²) in [6.07, 6.45) is 2.98. The molecule has 2 fully saturated rings. The summed E-state index contributed by atoms with van der Waals surface area (Å²) >= 11 is 6.14. The third-order valence-electron chi connectivity index (χ3n) is 4.75. The van der Waals surface area contributed by atoms with Gasteiger partial charge in [-0.25, -0.2) is 4.79 Å². The van der Waals surface area contributed by atoms with Crippen molar-refractivity contribution in [3.8, 4) is 11.5 Å². The molecule has 1 heterocycles. The summed E-state index contributed by atoms with van der Waals surface area (Å²) in [5.74, 6) is -0.0499. The smallest absolute Gasteiger partial charge is 0.325 e. The second-order valence-electron chi connectivity index (χ2n) is 6.35. The van der Waals surface area contributed by atoms with Crippen molar-refractivity contribution in [3.63, 3.8) is 0 Å². The molecular weight excluding hydrogens is 362 g/mol. The van der Waals surface area contributed by atoms with Crippen molar-refractivity contribution < 1.29 is 23.9 Å². The highest BCUT2D eigenvalue weighted by Crippen LogP contribution is 2.37. The number of rotatable bonds is 5. The first-order valence-corrected chi connectivity index (χ1v) is 8.63. The lowest BCUT2D eigenvalue weighted by molar-refractivity contribution is -0.133. The van der Waals surface area contributed by atoms with E-state index in [4.69, 9.17) is 21.1 Å². The van der Waals surface area contributed by atoms with Crippen molar-refractivity contribution in [2.24, 2.45) is 0 Å². The van der Waals surface area contributed by atoms with Crippen molar-refractivity contribution in [3.05, 3.63) is 17.2 Å². The third-order valence-corrected chi connectivity index (χ3v) is 5.06. The summed E-state index contributed by atoms with van der Waals surface area (Å²) in [4.78, 5) is 38.0. The SMILES string of the molecule is COc1cc(Cl)c(NC(=O)CN2C(=O)NC3(CCCC3)C2=O)cc1OC. The van der Waals surface area contributed by atoms with Gasteiger partial charge < -0.3 is 20.1 Å². The zero-order valence-corrected chi connectivity index (χ0v) is 15.3. The Bertz CT molecular complexity index is 761. The molecule has 0 bridgehead atoms. The van der Waals surface area contributed by atoms with Crippen LogP contribution in [0.5, 0.6) is 11.5 Å². The maximum absolute atomic E-state index is 12.6. The largest absolute Gasteiger partial charge is 0.493 e. The summed E-state index contributed by atoms with van der Waals surface area (Å²) in [5.41, 5.74) is -0.532. The number of amides is 4. The molecule has 0 unspecified atom stereocenters. The first-order chi connectivity index (χ1) is 12.4. The number of halogens is 1. The lowest BCUT2D eigenvalue weighted by Crippen LogP contribution is -2.44. The van der Waals surface area contributed by atoms with Gasteiger partial charge in [0.15, 0.2) is 11.5 Å². The molecule has 3 rings (SSSR count). The average molecular weight is 382 g/mol. The van der Waals surface area contributed by atoms with E-state index in [1.165, 1.54) is 26.4 Å². The molecule has 0 atom stereocenters. The Morgan fingerprint density at radius 2 is 1.85 bits per heavy atom. The zero-order valence-electron chi connectivity index (χ0n) is 14.6. The van der Waals surface area contributed by atoms with Crippen LogP contribution in [0.3, 0.4) is 0 Å². The van der Waals surface area contributed by atoms with E-state index in [1.54, 1.807) is 0 Å². The fourth-order valence-corrected chi connectivity index (χ4v) is 3.62. The van der Waals surface area contributed by atoms with E-state index in [1.807, 2.05) is 0 Å². The maximum atomic E-state index is 12.6. The number of nitrogens with one attached hydrogen (secondary N) is 2. The molecular formula is C17H20ClN3O5. The number of benzene rings is 1. The van der Waals surface area contributed by atoms with Crippen LogP contribution in [0.2, 0.25) is 5.02 Å². The second-order valence-corrected chi connectivity index (χ2v) is 6.75. The lowest BCUT2D eigenvalue weighted by atomic mass is 9.98. The molecule has 1 aliphatic carbocycles. The monoisotopic (exact) mass is 381 g/mol. The predicted octanol–water partition coefficient (Wildman–Crippen LogP) is 2.16. The molecule has 26 heavy (non-hydrogen) atoms. The summed E-state index contributed by atoms with van der Waals surface area (Å²) in [7, 11) is 2.94. The van der Waals surface area contributed by atoms with Gasteiger partial charge in [0.1, 0.15) is 12.1 Å². The van der Waals surface area contributed by atoms with Gasteiger partial charge in [0, 0.05) is 12.1 Å². The van der Waals surface area contributed by atoms with Gasteiger partial charge in [-0.05, 0) is 12.8 Å². The van der Waals surface area contributed by atoms with Crippen molar-refractivity contribution in [2.45, 2.75) is 31.2 Å². The zero-order chi connectivity index (χ0) is 18.9. The number of methoxy groups -OCH3 is 2. The highest BCUT2D eigenvalue weighted by Gasteiger charge is 2.52. The number of nitrogens with zero attached hydrogens (tertiary/aromatic N) is 1. The molecule has 1 saturated heterocycles. The molecule has 2 N–H and O–H groups in total. The molecule has 140 valence electrons. The molecule has 0 aromatic heterocycles. The number of hydrogen-bond donors (Lipinski definition) is 2. The van der Waals surface area contributed by atoms with Gasteiger partial charge in [0.25, 0.3) is 5.91 Å². The fraction of sp³-hybridized carbons (Fsp3) is 0.471. The summed E-state index contributed by atoms with van der Waals surface area (Å²) in [5, 5.41) is 5.59. The van der Waals surface area contributed by atoms with Gasteiger partial charge in [0.05, 0.1) is 24.9 Å². The van der Waals surface area contributed by atoms with Crippen molar-refractivity contribution in [1.29, 1.82) is 0 Å². The maximum Gasteiger partial charge on any atom is 0.325 e. The molecule has 1 spiro atoms. The average Bonchev–Trinajstić information content (AvgIpc) is 3.17. The van der Waals surface area contributed by atoms with Gasteiger partial charge in [-0.2, -0.15) is 0 Å². The van der Waals surface area contributed by atoms with Crippen LogP contribution in [0.1, 0.15) is 25.7 Å². The first kappa shape index (κ1) is 18.3. The fourth-order valence-electron chi connectivity index (χ4n) is 3.42. The number of urea groups is 1. The lowest BCUT2D eigenvalue weighted by Gasteiger charge is -2.20. The topological polar surface area (TPSA) is 97.0 Å². The molecule has 8 nitrogen and oxygen atoms in total. The van der Waals surface area contributed by atoms with E-state index < -0.39 is 17.5 Å². The van der Waals surface area contributed by atoms with Crippen LogP contribution in [0.25, 0.3) is 0 Å². The van der Waals surface area contributed by atoms with Gasteiger partial charge in [-0.3, -0.25) is 14.5 Å². The third kappa shape index (κ3) is 3.16. The van der Waals surface area contributed by atoms with Crippen molar-refractivity contribution >= 4 is 35.1 Å². The predicted molar refractivity (Wildman–Crippen MR) is 94.6 cm³/mol. The number of carbonyl (C=O) groups is 3. The number of hydrogen-bond acceptors (Lipinski definition) is 5. The van der Waals surface area contributed by atoms with Crippen molar-refractivity contribution in [1.82, 2.24) is 10.2 Å². The summed E-state index contributed by atoms with van der Waals surface area (Å²) in [6.45, 7) is -0.378. The normalized spacial score (nSPS) is 18.2. The molecule has 0 radical (unpaired) electrons. The Hall–Kier alpha value is -2.48. The molecule has 1 aromatic rings. The molecule has 1 aliphatic heterocycles. The highest BCUT2D eigenvalue weighted by molar-refractivity contribution is 6.34. The summed E-state index contributed by atoms with van der Waals surface area (Å²) in [6, 6.07) is 2.49. The minimum atomic E-state index is -0.835. The number of imide groups is 1. The Balaban J connectivity index is 1.71. The Labute approximate surface area is 155 Å². The van der Waals surface area contributed by atoms with Crippen molar-refractivity contribution in [2.75, 3.05) is 26.1 Å². The number of anilines is 1. The van der Waals surface area contributed by atoms with E-state index in [2.05, 4.69) is 10.6 Å². The minimum absolute atomic E-state index is 0.250. The van der Waals surface area contributed by atoms with Gasteiger partial charge in [-0.15, -0.1) is 0 Å². The van der Waals surface area contributed by atoms with Crippen LogP contribution >= 0.6 is 11.6 Å². The second kappa shape index (κ2) is 7.03. The molecule has 2 aliphatic rings. The van der Waals surface area contributed by atoms with E-state index in [-0.39, 0.29) is 17.5 Å².